The Labute approximate surface area is 194 Å². The number of ether oxygens (including phenoxy) is 2. The molecule has 2 aromatic carbocycles. The Morgan fingerprint density at radius 3 is 2.76 bits per heavy atom. The summed E-state index contributed by atoms with van der Waals surface area (Å²) in [6.07, 6.45) is 0. The van der Waals surface area contributed by atoms with Crippen LogP contribution in [0.3, 0.4) is 0 Å². The minimum Gasteiger partial charge on any atom is -0.486 e. The lowest BCUT2D eigenvalue weighted by atomic mass is 10.1. The van der Waals surface area contributed by atoms with Crippen LogP contribution in [-0.2, 0) is 13.1 Å². The van der Waals surface area contributed by atoms with Gasteiger partial charge in [-0.2, -0.15) is 5.26 Å². The van der Waals surface area contributed by atoms with Crippen LogP contribution >= 0.6 is 11.3 Å². The van der Waals surface area contributed by atoms with Crippen LogP contribution < -0.4 is 20.3 Å². The maximum atomic E-state index is 13.4. The third-order valence-corrected chi connectivity index (χ3v) is 6.59. The number of benzene rings is 2. The normalized spacial score (nSPS) is 13.6. The van der Waals surface area contributed by atoms with E-state index in [9.17, 15) is 10.1 Å². The second-order valence-electron chi connectivity index (χ2n) is 7.78. The first kappa shape index (κ1) is 21.2. The average Bonchev–Trinajstić information content (AvgIpc) is 3.29. The fourth-order valence-corrected chi connectivity index (χ4v) is 4.91. The van der Waals surface area contributed by atoms with E-state index in [1.54, 1.807) is 0 Å². The van der Waals surface area contributed by atoms with Crippen molar-refractivity contribution in [2.24, 2.45) is 0 Å². The quantitative estimate of drug-likeness (QED) is 0.464. The number of thiophene rings is 1. The lowest BCUT2D eigenvalue weighted by Gasteiger charge is -2.21. The number of nitriles is 1. The number of nitrogens with one attached hydrogen (secondary N) is 1. The van der Waals surface area contributed by atoms with E-state index in [2.05, 4.69) is 11.4 Å². The Balaban J connectivity index is 1.45. The zero-order valence-corrected chi connectivity index (χ0v) is 18.9. The summed E-state index contributed by atoms with van der Waals surface area (Å²) >= 11 is 1.44. The maximum Gasteiger partial charge on any atom is 0.263 e. The fraction of sp³-hybridized carbons (Fsp3) is 0.240. The molecule has 0 spiro atoms. The highest BCUT2D eigenvalue weighted by molar-refractivity contribution is 7.17. The average molecular weight is 459 g/mol. The van der Waals surface area contributed by atoms with Gasteiger partial charge in [-0.1, -0.05) is 36.4 Å². The van der Waals surface area contributed by atoms with E-state index < -0.39 is 0 Å². The number of rotatable bonds is 6. The van der Waals surface area contributed by atoms with Crippen LogP contribution in [0, 0.1) is 11.3 Å². The Morgan fingerprint density at radius 2 is 1.97 bits per heavy atom. The van der Waals surface area contributed by atoms with Gasteiger partial charge in [0.1, 0.15) is 30.4 Å². The summed E-state index contributed by atoms with van der Waals surface area (Å²) in [5.41, 5.74) is 2.66. The summed E-state index contributed by atoms with van der Waals surface area (Å²) in [5, 5.41) is 15.3. The van der Waals surface area contributed by atoms with Gasteiger partial charge in [-0.3, -0.25) is 9.36 Å². The van der Waals surface area contributed by atoms with Gasteiger partial charge in [0.15, 0.2) is 11.5 Å². The van der Waals surface area contributed by atoms with Crippen molar-refractivity contribution in [3.63, 3.8) is 0 Å². The van der Waals surface area contributed by atoms with Crippen molar-refractivity contribution in [2.75, 3.05) is 13.2 Å². The summed E-state index contributed by atoms with van der Waals surface area (Å²) in [6, 6.07) is 17.7. The number of hydrogen-bond donors (Lipinski definition) is 1. The second-order valence-corrected chi connectivity index (χ2v) is 8.64. The van der Waals surface area contributed by atoms with Crippen molar-refractivity contribution >= 4 is 21.6 Å². The minimum absolute atomic E-state index is 0.0211. The third-order valence-electron chi connectivity index (χ3n) is 5.72. The monoisotopic (exact) mass is 458 g/mol. The van der Waals surface area contributed by atoms with Gasteiger partial charge in [0.25, 0.3) is 5.56 Å². The number of hydrogen-bond acceptors (Lipinski definition) is 7. The summed E-state index contributed by atoms with van der Waals surface area (Å²) in [7, 11) is 0. The Hall–Kier alpha value is -3.67. The summed E-state index contributed by atoms with van der Waals surface area (Å²) < 4.78 is 12.7. The molecule has 33 heavy (non-hydrogen) atoms. The van der Waals surface area contributed by atoms with Crippen LogP contribution in [-0.4, -0.2) is 22.8 Å². The first-order valence-electron chi connectivity index (χ1n) is 10.7. The maximum absolute atomic E-state index is 13.4. The second kappa shape index (κ2) is 9.06. The molecule has 1 aliphatic rings. The zero-order chi connectivity index (χ0) is 22.8. The smallest absolute Gasteiger partial charge is 0.263 e. The minimum atomic E-state index is -0.189. The Bertz CT molecular complexity index is 1410. The van der Waals surface area contributed by atoms with Crippen LogP contribution in [0.25, 0.3) is 21.3 Å². The van der Waals surface area contributed by atoms with Crippen LogP contribution in [0.2, 0.25) is 0 Å². The molecule has 0 aliphatic carbocycles. The molecular weight excluding hydrogens is 436 g/mol. The molecule has 0 bridgehead atoms. The highest BCUT2D eigenvalue weighted by Crippen LogP contribution is 2.33. The van der Waals surface area contributed by atoms with Crippen LogP contribution in [0.4, 0.5) is 0 Å². The molecule has 1 N–H and O–H groups in total. The van der Waals surface area contributed by atoms with Crippen molar-refractivity contribution in [3.05, 3.63) is 75.7 Å². The molecule has 7 nitrogen and oxygen atoms in total. The molecule has 2 aromatic heterocycles. The molecule has 4 aromatic rings. The van der Waals surface area contributed by atoms with Crippen LogP contribution in [0.1, 0.15) is 24.4 Å². The fourth-order valence-electron chi connectivity index (χ4n) is 3.96. The predicted octanol–water partition coefficient (Wildman–Crippen LogP) is 4.27. The van der Waals surface area contributed by atoms with Gasteiger partial charge in [0.05, 0.1) is 18.0 Å². The van der Waals surface area contributed by atoms with Gasteiger partial charge in [0, 0.05) is 17.0 Å². The SMILES string of the molecule is CC(NCc1nc2scc(-c3ccccc3)c2c(=O)n1CC#N)c1ccc2c(c1)OCCO2. The molecule has 0 amide bonds. The lowest BCUT2D eigenvalue weighted by molar-refractivity contribution is 0.171. The van der Waals surface area contributed by atoms with Gasteiger partial charge >= 0.3 is 0 Å². The van der Waals surface area contributed by atoms with E-state index in [1.807, 2.05) is 60.8 Å². The molecule has 0 saturated carbocycles. The number of nitrogens with zero attached hydrogens (tertiary/aromatic N) is 3. The topological polar surface area (TPSA) is 89.2 Å². The van der Waals surface area contributed by atoms with Crippen molar-refractivity contribution in [1.29, 1.82) is 5.26 Å². The number of fused-ring (bicyclic) bond motifs is 2. The van der Waals surface area contributed by atoms with Crippen molar-refractivity contribution < 1.29 is 9.47 Å². The van der Waals surface area contributed by atoms with E-state index >= 15 is 0 Å². The molecule has 0 fully saturated rings. The van der Waals surface area contributed by atoms with Crippen molar-refractivity contribution in [1.82, 2.24) is 14.9 Å². The predicted molar refractivity (Wildman–Crippen MR) is 128 cm³/mol. The highest BCUT2D eigenvalue weighted by Gasteiger charge is 2.18. The third kappa shape index (κ3) is 4.09. The van der Waals surface area contributed by atoms with Crippen LogP contribution in [0.5, 0.6) is 11.5 Å². The summed E-state index contributed by atoms with van der Waals surface area (Å²) in [5.74, 6) is 2.03. The van der Waals surface area contributed by atoms with Crippen molar-refractivity contribution in [2.45, 2.75) is 26.1 Å². The standard InChI is InChI=1S/C25H22N4O3S/c1-16(18-7-8-20-21(13-18)32-12-11-31-20)27-14-22-28-24-23(25(30)29(22)10-9-26)19(15-33-24)17-5-3-2-4-6-17/h2-8,13,15-16,27H,10-12,14H2,1H3. The molecule has 1 unspecified atom stereocenters. The molecule has 8 heteroatoms. The van der Waals surface area contributed by atoms with E-state index in [0.717, 1.165) is 28.2 Å². The first-order valence-corrected chi connectivity index (χ1v) is 11.6. The first-order chi connectivity index (χ1) is 16.2. The van der Waals surface area contributed by atoms with E-state index in [4.69, 9.17) is 14.5 Å². The molecule has 0 radical (unpaired) electrons. The zero-order valence-electron chi connectivity index (χ0n) is 18.1. The van der Waals surface area contributed by atoms with Crippen molar-refractivity contribution in [3.8, 4) is 28.7 Å². The molecule has 166 valence electrons. The lowest BCUT2D eigenvalue weighted by Crippen LogP contribution is -2.29. The Kier molecular flexibility index (Phi) is 5.82. The number of aromatic nitrogens is 2. The van der Waals surface area contributed by atoms with E-state index in [-0.39, 0.29) is 18.1 Å². The van der Waals surface area contributed by atoms with Gasteiger partial charge in [-0.25, -0.2) is 4.98 Å². The summed E-state index contributed by atoms with van der Waals surface area (Å²) in [4.78, 5) is 18.8. The van der Waals surface area contributed by atoms with E-state index in [1.165, 1.54) is 15.9 Å². The molecule has 1 aliphatic heterocycles. The molecule has 0 saturated heterocycles. The Morgan fingerprint density at radius 1 is 1.18 bits per heavy atom. The summed E-state index contributed by atoms with van der Waals surface area (Å²) in [6.45, 7) is 3.42. The molecular formula is C25H22N4O3S. The van der Waals surface area contributed by atoms with Gasteiger partial charge in [-0.15, -0.1) is 11.3 Å². The van der Waals surface area contributed by atoms with E-state index in [0.29, 0.717) is 35.8 Å². The molecule has 5 rings (SSSR count). The van der Waals surface area contributed by atoms with Crippen LogP contribution in [0.15, 0.2) is 58.7 Å². The van der Waals surface area contributed by atoms with Gasteiger partial charge < -0.3 is 14.8 Å². The van der Waals surface area contributed by atoms with Gasteiger partial charge in [0.2, 0.25) is 0 Å². The largest absolute Gasteiger partial charge is 0.486 e. The highest BCUT2D eigenvalue weighted by atomic mass is 32.1. The molecule has 3 heterocycles. The molecule has 1 atom stereocenters. The van der Waals surface area contributed by atoms with Gasteiger partial charge in [-0.05, 0) is 30.2 Å².